The summed E-state index contributed by atoms with van der Waals surface area (Å²) in [7, 11) is 0. The van der Waals surface area contributed by atoms with Crippen LogP contribution in [0.5, 0.6) is 0 Å². The molecule has 0 spiro atoms. The number of ketones is 1. The maximum Gasteiger partial charge on any atom is 0.154 e. The van der Waals surface area contributed by atoms with Crippen molar-refractivity contribution in [3.05, 3.63) is 20.8 Å². The number of halogens is 1. The second kappa shape index (κ2) is 5.77. The van der Waals surface area contributed by atoms with E-state index >= 15 is 0 Å². The summed E-state index contributed by atoms with van der Waals surface area (Å²) in [4.78, 5) is 12.8. The van der Waals surface area contributed by atoms with Crippen molar-refractivity contribution in [2.24, 2.45) is 11.7 Å². The summed E-state index contributed by atoms with van der Waals surface area (Å²) >= 11 is 5.00. The lowest BCUT2D eigenvalue weighted by molar-refractivity contribution is -0.119. The summed E-state index contributed by atoms with van der Waals surface area (Å²) in [6.07, 6.45) is 1.22. The third kappa shape index (κ3) is 4.05. The summed E-state index contributed by atoms with van der Waals surface area (Å²) in [5, 5.41) is 1.97. The zero-order chi connectivity index (χ0) is 11.4. The van der Waals surface area contributed by atoms with Crippen LogP contribution in [0.2, 0.25) is 0 Å². The molecule has 0 saturated heterocycles. The normalized spacial score (nSPS) is 13.1. The average Bonchev–Trinajstić information content (AvgIpc) is 2.50. The van der Waals surface area contributed by atoms with Crippen LogP contribution < -0.4 is 5.73 Å². The SMILES string of the molecule is CC(C)CC(N)C(=O)Cc1sccc1Br. The molecule has 1 unspecified atom stereocenters. The molecule has 0 aromatic carbocycles. The first kappa shape index (κ1) is 12.9. The van der Waals surface area contributed by atoms with E-state index in [4.69, 9.17) is 5.73 Å². The highest BCUT2D eigenvalue weighted by molar-refractivity contribution is 9.10. The van der Waals surface area contributed by atoms with Gasteiger partial charge in [0.15, 0.2) is 5.78 Å². The van der Waals surface area contributed by atoms with Crippen molar-refractivity contribution in [2.75, 3.05) is 0 Å². The van der Waals surface area contributed by atoms with Gasteiger partial charge in [-0.25, -0.2) is 0 Å². The maximum absolute atomic E-state index is 11.8. The van der Waals surface area contributed by atoms with Crippen LogP contribution in [-0.4, -0.2) is 11.8 Å². The highest BCUT2D eigenvalue weighted by Gasteiger charge is 2.16. The molecule has 1 atom stereocenters. The Bertz CT molecular complexity index is 335. The Kier molecular flexibility index (Phi) is 4.96. The first-order valence-electron chi connectivity index (χ1n) is 5.01. The Balaban J connectivity index is 2.52. The van der Waals surface area contributed by atoms with Gasteiger partial charge in [0, 0.05) is 15.8 Å². The van der Waals surface area contributed by atoms with Gasteiger partial charge >= 0.3 is 0 Å². The minimum Gasteiger partial charge on any atom is -0.321 e. The zero-order valence-electron chi connectivity index (χ0n) is 9.00. The molecule has 4 heteroatoms. The molecule has 1 aromatic heterocycles. The summed E-state index contributed by atoms with van der Waals surface area (Å²) in [5.74, 6) is 0.600. The Labute approximate surface area is 103 Å². The smallest absolute Gasteiger partial charge is 0.154 e. The van der Waals surface area contributed by atoms with Gasteiger partial charge in [-0.3, -0.25) is 4.79 Å². The van der Waals surface area contributed by atoms with Crippen molar-refractivity contribution in [3.8, 4) is 0 Å². The molecule has 0 radical (unpaired) electrons. The quantitative estimate of drug-likeness (QED) is 0.906. The van der Waals surface area contributed by atoms with Crippen molar-refractivity contribution in [3.63, 3.8) is 0 Å². The summed E-state index contributed by atoms with van der Waals surface area (Å²) in [5.41, 5.74) is 5.82. The van der Waals surface area contributed by atoms with Gasteiger partial charge in [0.25, 0.3) is 0 Å². The first-order chi connectivity index (χ1) is 7.00. The fourth-order valence-electron chi connectivity index (χ4n) is 1.38. The molecular weight excluding hydrogens is 274 g/mol. The van der Waals surface area contributed by atoms with Crippen LogP contribution in [0, 0.1) is 5.92 Å². The van der Waals surface area contributed by atoms with E-state index in [0.717, 1.165) is 15.8 Å². The molecule has 15 heavy (non-hydrogen) atoms. The predicted molar refractivity (Wildman–Crippen MR) is 68.2 cm³/mol. The number of Topliss-reactive ketones (excluding diaryl/α,β-unsaturated/α-hetero) is 1. The Hall–Kier alpha value is -0.190. The Morgan fingerprint density at radius 1 is 1.60 bits per heavy atom. The topological polar surface area (TPSA) is 43.1 Å². The molecule has 0 fully saturated rings. The molecule has 1 aromatic rings. The molecule has 1 rings (SSSR count). The maximum atomic E-state index is 11.8. The van der Waals surface area contributed by atoms with Crippen molar-refractivity contribution in [1.82, 2.24) is 0 Å². The highest BCUT2D eigenvalue weighted by Crippen LogP contribution is 2.23. The van der Waals surface area contributed by atoms with E-state index in [1.54, 1.807) is 11.3 Å². The molecule has 0 amide bonds. The Morgan fingerprint density at radius 2 is 2.27 bits per heavy atom. The van der Waals surface area contributed by atoms with Gasteiger partial charge in [0.1, 0.15) is 0 Å². The van der Waals surface area contributed by atoms with Crippen molar-refractivity contribution >= 4 is 33.0 Å². The number of nitrogens with two attached hydrogens (primary N) is 1. The minimum atomic E-state index is -0.320. The largest absolute Gasteiger partial charge is 0.321 e. The molecule has 2 nitrogen and oxygen atoms in total. The van der Waals surface area contributed by atoms with Crippen LogP contribution in [0.1, 0.15) is 25.1 Å². The number of hydrogen-bond donors (Lipinski definition) is 1. The van der Waals surface area contributed by atoms with Gasteiger partial charge in [0.05, 0.1) is 6.04 Å². The lowest BCUT2D eigenvalue weighted by Gasteiger charge is -2.12. The fraction of sp³-hybridized carbons (Fsp3) is 0.545. The van der Waals surface area contributed by atoms with Crippen molar-refractivity contribution in [1.29, 1.82) is 0 Å². The van der Waals surface area contributed by atoms with Gasteiger partial charge in [-0.05, 0) is 39.7 Å². The van der Waals surface area contributed by atoms with E-state index in [9.17, 15) is 4.79 Å². The summed E-state index contributed by atoms with van der Waals surface area (Å²) < 4.78 is 1.01. The molecular formula is C11H16BrNOS. The van der Waals surface area contributed by atoms with E-state index in [2.05, 4.69) is 29.8 Å². The number of hydrogen-bond acceptors (Lipinski definition) is 3. The fourth-order valence-corrected chi connectivity index (χ4v) is 2.88. The lowest BCUT2D eigenvalue weighted by Crippen LogP contribution is -2.32. The third-order valence-electron chi connectivity index (χ3n) is 2.16. The van der Waals surface area contributed by atoms with E-state index in [-0.39, 0.29) is 11.8 Å². The molecule has 2 N–H and O–H groups in total. The number of carbonyl (C=O) groups excluding carboxylic acids is 1. The van der Waals surface area contributed by atoms with E-state index in [0.29, 0.717) is 12.3 Å². The van der Waals surface area contributed by atoms with Gasteiger partial charge in [0.2, 0.25) is 0 Å². The number of carbonyl (C=O) groups is 1. The number of thiophene rings is 1. The molecule has 0 aliphatic carbocycles. The summed E-state index contributed by atoms with van der Waals surface area (Å²) in [6, 6.07) is 1.64. The van der Waals surface area contributed by atoms with Crippen LogP contribution in [0.4, 0.5) is 0 Å². The van der Waals surface area contributed by atoms with Crippen LogP contribution in [0.15, 0.2) is 15.9 Å². The van der Waals surface area contributed by atoms with Crippen LogP contribution in [0.3, 0.4) is 0 Å². The standard InChI is InChI=1S/C11H16BrNOS/c1-7(2)5-9(13)10(14)6-11-8(12)3-4-15-11/h3-4,7,9H,5-6,13H2,1-2H3. The van der Waals surface area contributed by atoms with E-state index in [1.165, 1.54) is 0 Å². The van der Waals surface area contributed by atoms with Gasteiger partial charge in [-0.1, -0.05) is 13.8 Å². The first-order valence-corrected chi connectivity index (χ1v) is 6.68. The van der Waals surface area contributed by atoms with Gasteiger partial charge in [-0.2, -0.15) is 0 Å². The number of rotatable bonds is 5. The highest BCUT2D eigenvalue weighted by atomic mass is 79.9. The third-order valence-corrected chi connectivity index (χ3v) is 4.09. The van der Waals surface area contributed by atoms with Crippen molar-refractivity contribution < 1.29 is 4.79 Å². The molecule has 0 aliphatic heterocycles. The molecule has 0 saturated carbocycles. The average molecular weight is 290 g/mol. The predicted octanol–water partition coefficient (Wildman–Crippen LogP) is 3.00. The Morgan fingerprint density at radius 3 is 2.73 bits per heavy atom. The zero-order valence-corrected chi connectivity index (χ0v) is 11.4. The van der Waals surface area contributed by atoms with Gasteiger partial charge < -0.3 is 5.73 Å². The van der Waals surface area contributed by atoms with Crippen LogP contribution >= 0.6 is 27.3 Å². The second-order valence-electron chi connectivity index (χ2n) is 4.07. The molecule has 1 heterocycles. The van der Waals surface area contributed by atoms with E-state index < -0.39 is 0 Å². The lowest BCUT2D eigenvalue weighted by atomic mass is 9.99. The monoisotopic (exact) mass is 289 g/mol. The van der Waals surface area contributed by atoms with Crippen LogP contribution in [0.25, 0.3) is 0 Å². The van der Waals surface area contributed by atoms with Crippen molar-refractivity contribution in [2.45, 2.75) is 32.7 Å². The molecule has 0 bridgehead atoms. The molecule has 0 aliphatic rings. The molecule has 84 valence electrons. The van der Waals surface area contributed by atoms with Gasteiger partial charge in [-0.15, -0.1) is 11.3 Å². The minimum absolute atomic E-state index is 0.131. The summed E-state index contributed by atoms with van der Waals surface area (Å²) in [6.45, 7) is 4.16. The van der Waals surface area contributed by atoms with Crippen LogP contribution in [-0.2, 0) is 11.2 Å². The second-order valence-corrected chi connectivity index (χ2v) is 5.93. The van der Waals surface area contributed by atoms with E-state index in [1.807, 2.05) is 11.4 Å².